The number of hydrogen-bond donors (Lipinski definition) is 0. The molecular formula is C16H16N4O5S. The van der Waals surface area contributed by atoms with Crippen molar-refractivity contribution in [1.29, 1.82) is 0 Å². The monoisotopic (exact) mass is 376 g/mol. The Morgan fingerprint density at radius 2 is 2.08 bits per heavy atom. The number of rotatable bonds is 4. The van der Waals surface area contributed by atoms with Crippen LogP contribution < -0.4 is 4.74 Å². The fourth-order valence-electron chi connectivity index (χ4n) is 2.20. The van der Waals surface area contributed by atoms with Crippen LogP contribution in [0.4, 0.5) is 5.69 Å². The lowest BCUT2D eigenvalue weighted by Crippen LogP contribution is -2.11. The van der Waals surface area contributed by atoms with Crippen LogP contribution in [0.25, 0.3) is 4.96 Å². The fraction of sp³-hybridized carbons (Fsp3) is 0.312. The number of aromatic nitrogens is 3. The number of esters is 1. The van der Waals surface area contributed by atoms with Crippen LogP contribution in [-0.2, 0) is 10.2 Å². The number of nitrogens with zero attached hydrogens (tertiary/aromatic N) is 4. The molecule has 0 saturated carbocycles. The van der Waals surface area contributed by atoms with Gasteiger partial charge in [0.15, 0.2) is 0 Å². The highest BCUT2D eigenvalue weighted by atomic mass is 32.1. The van der Waals surface area contributed by atoms with Crippen molar-refractivity contribution in [1.82, 2.24) is 14.6 Å². The quantitative estimate of drug-likeness (QED) is 0.389. The molecule has 0 aliphatic rings. The van der Waals surface area contributed by atoms with Crippen LogP contribution in [0.1, 0.15) is 36.8 Å². The molecule has 26 heavy (non-hydrogen) atoms. The van der Waals surface area contributed by atoms with Gasteiger partial charge >= 0.3 is 5.97 Å². The number of carbonyl (C=O) groups is 1. The molecule has 136 valence electrons. The molecular weight excluding hydrogens is 360 g/mol. The molecule has 0 amide bonds. The van der Waals surface area contributed by atoms with E-state index >= 15 is 0 Å². The molecule has 0 N–H and O–H groups in total. The van der Waals surface area contributed by atoms with E-state index in [1.165, 1.54) is 29.5 Å². The number of imidazole rings is 1. The Bertz CT molecular complexity index is 970. The van der Waals surface area contributed by atoms with Crippen molar-refractivity contribution in [2.24, 2.45) is 0 Å². The van der Waals surface area contributed by atoms with Crippen molar-refractivity contribution in [3.8, 4) is 10.9 Å². The smallest absolute Gasteiger partial charge is 0.345 e. The van der Waals surface area contributed by atoms with Crippen LogP contribution in [0.5, 0.6) is 10.9 Å². The Hall–Kier alpha value is -3.01. The van der Waals surface area contributed by atoms with Gasteiger partial charge in [-0.1, -0.05) is 20.8 Å². The van der Waals surface area contributed by atoms with Crippen molar-refractivity contribution in [2.45, 2.75) is 26.2 Å². The van der Waals surface area contributed by atoms with Gasteiger partial charge in [0.05, 0.1) is 23.9 Å². The van der Waals surface area contributed by atoms with Crippen LogP contribution in [-0.4, -0.2) is 32.6 Å². The first-order chi connectivity index (χ1) is 12.2. The predicted molar refractivity (Wildman–Crippen MR) is 94.1 cm³/mol. The minimum atomic E-state index is -0.814. The van der Waals surface area contributed by atoms with E-state index in [-0.39, 0.29) is 22.4 Å². The van der Waals surface area contributed by atoms with E-state index in [1.807, 2.05) is 6.20 Å². The SMILES string of the molecule is COC(=O)c1cc(Oc2nn3cc(C(C)(C)C)nc3s2)ccc1[N+](=O)[O-]. The molecule has 0 aliphatic heterocycles. The molecule has 0 bridgehead atoms. The molecule has 0 atom stereocenters. The summed E-state index contributed by atoms with van der Waals surface area (Å²) in [6, 6.07) is 3.85. The van der Waals surface area contributed by atoms with Crippen molar-refractivity contribution in [3.63, 3.8) is 0 Å². The van der Waals surface area contributed by atoms with Crippen LogP contribution in [0.3, 0.4) is 0 Å². The molecule has 3 rings (SSSR count). The highest BCUT2D eigenvalue weighted by molar-refractivity contribution is 7.18. The maximum atomic E-state index is 11.8. The normalized spacial score (nSPS) is 11.5. The zero-order valence-corrected chi connectivity index (χ0v) is 15.4. The highest BCUT2D eigenvalue weighted by Crippen LogP contribution is 2.32. The fourth-order valence-corrected chi connectivity index (χ4v) is 2.95. The topological polar surface area (TPSA) is 109 Å². The molecule has 0 spiro atoms. The summed E-state index contributed by atoms with van der Waals surface area (Å²) in [7, 11) is 1.16. The maximum absolute atomic E-state index is 11.8. The first-order valence-electron chi connectivity index (χ1n) is 7.60. The van der Waals surface area contributed by atoms with E-state index < -0.39 is 10.9 Å². The molecule has 0 aliphatic carbocycles. The van der Waals surface area contributed by atoms with Crippen LogP contribution in [0.15, 0.2) is 24.4 Å². The maximum Gasteiger partial charge on any atom is 0.345 e. The van der Waals surface area contributed by atoms with Crippen LogP contribution in [0, 0.1) is 10.1 Å². The number of fused-ring (bicyclic) bond motifs is 1. The summed E-state index contributed by atoms with van der Waals surface area (Å²) in [6.07, 6.45) is 1.83. The molecule has 1 aromatic carbocycles. The first kappa shape index (κ1) is 17.8. The highest BCUT2D eigenvalue weighted by Gasteiger charge is 2.23. The predicted octanol–water partition coefficient (Wildman–Crippen LogP) is 3.58. The third-order valence-electron chi connectivity index (χ3n) is 3.57. The Labute approximate surface area is 152 Å². The van der Waals surface area contributed by atoms with Gasteiger partial charge in [0, 0.05) is 17.5 Å². The largest absolute Gasteiger partial charge is 0.465 e. The minimum Gasteiger partial charge on any atom is -0.465 e. The van der Waals surface area contributed by atoms with Gasteiger partial charge < -0.3 is 9.47 Å². The van der Waals surface area contributed by atoms with Gasteiger partial charge in [-0.2, -0.15) is 0 Å². The number of methoxy groups -OCH3 is 1. The zero-order chi connectivity index (χ0) is 19.1. The summed E-state index contributed by atoms with van der Waals surface area (Å²) in [5.41, 5.74) is 0.271. The van der Waals surface area contributed by atoms with Crippen molar-refractivity contribution in [2.75, 3.05) is 7.11 Å². The van der Waals surface area contributed by atoms with Gasteiger partial charge in [-0.15, -0.1) is 5.10 Å². The second kappa shape index (κ2) is 6.37. The second-order valence-corrected chi connectivity index (χ2v) is 7.42. The molecule has 0 unspecified atom stereocenters. The molecule has 2 heterocycles. The summed E-state index contributed by atoms with van der Waals surface area (Å²) < 4.78 is 11.8. The molecule has 0 fully saturated rings. The van der Waals surface area contributed by atoms with Crippen molar-refractivity contribution >= 4 is 28.0 Å². The number of benzene rings is 1. The number of carbonyl (C=O) groups excluding carboxylic acids is 1. The average molecular weight is 376 g/mol. The van der Waals surface area contributed by atoms with Crippen LogP contribution in [0.2, 0.25) is 0 Å². The van der Waals surface area contributed by atoms with E-state index in [0.717, 1.165) is 12.8 Å². The van der Waals surface area contributed by atoms with Crippen LogP contribution >= 0.6 is 11.3 Å². The summed E-state index contributed by atoms with van der Waals surface area (Å²) in [6.45, 7) is 6.17. The van der Waals surface area contributed by atoms with E-state index in [4.69, 9.17) is 4.74 Å². The van der Waals surface area contributed by atoms with Crippen molar-refractivity contribution in [3.05, 3.63) is 45.8 Å². The van der Waals surface area contributed by atoms with Gasteiger partial charge in [0.25, 0.3) is 10.9 Å². The summed E-state index contributed by atoms with van der Waals surface area (Å²) in [5.74, 6) is -0.574. The number of ether oxygens (including phenoxy) is 2. The molecule has 0 saturated heterocycles. The van der Waals surface area contributed by atoms with Gasteiger partial charge in [0.1, 0.15) is 11.3 Å². The standard InChI is InChI=1S/C16H16N4O5S/c1-16(2,3)12-8-19-14(17-12)26-15(18-19)25-9-5-6-11(20(22)23)10(7-9)13(21)24-4/h5-8H,1-4H3. The minimum absolute atomic E-state index is 0.0950. The van der Waals surface area contributed by atoms with Gasteiger partial charge in [0.2, 0.25) is 4.96 Å². The molecule has 3 aromatic rings. The molecule has 9 nitrogen and oxygen atoms in total. The second-order valence-electron chi connectivity index (χ2n) is 6.50. The number of nitro benzene ring substituents is 1. The molecule has 2 aromatic heterocycles. The lowest BCUT2D eigenvalue weighted by molar-refractivity contribution is -0.385. The van der Waals surface area contributed by atoms with Crippen molar-refractivity contribution < 1.29 is 19.2 Å². The average Bonchev–Trinajstić information content (AvgIpc) is 3.12. The summed E-state index contributed by atoms with van der Waals surface area (Å²) in [5, 5.41) is 15.6. The number of nitro groups is 1. The number of hydrogen-bond acceptors (Lipinski definition) is 8. The first-order valence-corrected chi connectivity index (χ1v) is 8.42. The third kappa shape index (κ3) is 3.36. The Morgan fingerprint density at radius 3 is 2.65 bits per heavy atom. The van der Waals surface area contributed by atoms with E-state index in [0.29, 0.717) is 10.2 Å². The Kier molecular flexibility index (Phi) is 4.36. The third-order valence-corrected chi connectivity index (χ3v) is 4.37. The lowest BCUT2D eigenvalue weighted by Gasteiger charge is -2.13. The van der Waals surface area contributed by atoms with Gasteiger partial charge in [-0.05, 0) is 17.4 Å². The lowest BCUT2D eigenvalue weighted by atomic mass is 9.93. The Morgan fingerprint density at radius 1 is 1.35 bits per heavy atom. The van der Waals surface area contributed by atoms with E-state index in [1.54, 1.807) is 4.52 Å². The van der Waals surface area contributed by atoms with E-state index in [9.17, 15) is 14.9 Å². The molecule has 0 radical (unpaired) electrons. The van der Waals surface area contributed by atoms with E-state index in [2.05, 4.69) is 35.6 Å². The van der Waals surface area contributed by atoms with Gasteiger partial charge in [-0.3, -0.25) is 10.1 Å². The summed E-state index contributed by atoms with van der Waals surface area (Å²) in [4.78, 5) is 27.3. The zero-order valence-electron chi connectivity index (χ0n) is 14.5. The Balaban J connectivity index is 1.91. The summed E-state index contributed by atoms with van der Waals surface area (Å²) >= 11 is 1.23. The van der Waals surface area contributed by atoms with Gasteiger partial charge in [-0.25, -0.2) is 14.3 Å². The molecule has 10 heteroatoms.